The van der Waals surface area contributed by atoms with E-state index in [2.05, 4.69) is 36.5 Å². The van der Waals surface area contributed by atoms with Crippen LogP contribution < -0.4 is 5.32 Å². The van der Waals surface area contributed by atoms with Gasteiger partial charge >= 0.3 is 0 Å². The normalized spacial score (nSPS) is 13.1. The molecule has 0 bridgehead atoms. The second-order valence-electron chi connectivity index (χ2n) is 3.83. The summed E-state index contributed by atoms with van der Waals surface area (Å²) in [5.41, 5.74) is 1.16. The zero-order valence-corrected chi connectivity index (χ0v) is 10.2. The van der Waals surface area contributed by atoms with E-state index in [9.17, 15) is 0 Å². The van der Waals surface area contributed by atoms with Crippen molar-refractivity contribution in [2.24, 2.45) is 5.92 Å². The Morgan fingerprint density at radius 1 is 1.57 bits per heavy atom. The molecule has 1 aromatic heterocycles. The van der Waals surface area contributed by atoms with E-state index >= 15 is 0 Å². The van der Waals surface area contributed by atoms with Crippen molar-refractivity contribution >= 4 is 11.3 Å². The highest BCUT2D eigenvalue weighted by molar-refractivity contribution is 7.09. The molecule has 0 saturated heterocycles. The second-order valence-corrected chi connectivity index (χ2v) is 4.78. The number of nitrogens with one attached hydrogen (secondary N) is 1. The molecule has 14 heavy (non-hydrogen) atoms. The van der Waals surface area contributed by atoms with E-state index < -0.39 is 0 Å². The van der Waals surface area contributed by atoms with Gasteiger partial charge in [-0.25, -0.2) is 4.98 Å². The van der Waals surface area contributed by atoms with Crippen LogP contribution in [0.4, 0.5) is 0 Å². The van der Waals surface area contributed by atoms with Gasteiger partial charge in [0.15, 0.2) is 0 Å². The fraction of sp³-hybridized carbons (Fsp3) is 0.727. The third-order valence-electron chi connectivity index (χ3n) is 2.26. The van der Waals surface area contributed by atoms with Crippen LogP contribution in [0.3, 0.4) is 0 Å². The van der Waals surface area contributed by atoms with Crippen molar-refractivity contribution in [2.45, 2.75) is 33.6 Å². The molecule has 0 aliphatic heterocycles. The van der Waals surface area contributed by atoms with Crippen LogP contribution in [0.1, 0.15) is 31.0 Å². The number of rotatable bonds is 6. The van der Waals surface area contributed by atoms with Crippen molar-refractivity contribution in [2.75, 3.05) is 13.1 Å². The Labute approximate surface area is 90.8 Å². The predicted octanol–water partition coefficient (Wildman–Crippen LogP) is 2.63. The molecule has 3 heteroatoms. The van der Waals surface area contributed by atoms with Gasteiger partial charge in [0.1, 0.15) is 0 Å². The van der Waals surface area contributed by atoms with Crippen LogP contribution in [-0.4, -0.2) is 18.1 Å². The Morgan fingerprint density at radius 2 is 2.36 bits per heavy atom. The summed E-state index contributed by atoms with van der Waals surface area (Å²) in [4.78, 5) is 4.46. The highest BCUT2D eigenvalue weighted by Gasteiger charge is 2.04. The first-order chi connectivity index (χ1) is 6.72. The standard InChI is InChI=1S/C11H20N2S/c1-4-12-7-9(2)5-6-11-13-10(3)8-14-11/h8-9,12H,4-7H2,1-3H3. The number of aryl methyl sites for hydroxylation is 2. The number of thiazole rings is 1. The number of hydrogen-bond acceptors (Lipinski definition) is 3. The van der Waals surface area contributed by atoms with Crippen molar-refractivity contribution in [3.63, 3.8) is 0 Å². The molecule has 1 atom stereocenters. The summed E-state index contributed by atoms with van der Waals surface area (Å²) >= 11 is 1.78. The van der Waals surface area contributed by atoms with Crippen LogP contribution in [0, 0.1) is 12.8 Å². The van der Waals surface area contributed by atoms with E-state index in [1.54, 1.807) is 11.3 Å². The van der Waals surface area contributed by atoms with E-state index in [0.29, 0.717) is 0 Å². The molecule has 0 fully saturated rings. The van der Waals surface area contributed by atoms with E-state index in [-0.39, 0.29) is 0 Å². The van der Waals surface area contributed by atoms with Gasteiger partial charge in [-0.3, -0.25) is 0 Å². The van der Waals surface area contributed by atoms with Crippen LogP contribution in [-0.2, 0) is 6.42 Å². The zero-order chi connectivity index (χ0) is 10.4. The lowest BCUT2D eigenvalue weighted by Crippen LogP contribution is -2.20. The van der Waals surface area contributed by atoms with Gasteiger partial charge in [0.05, 0.1) is 5.01 Å². The molecular weight excluding hydrogens is 192 g/mol. The van der Waals surface area contributed by atoms with Crippen LogP contribution in [0.15, 0.2) is 5.38 Å². The van der Waals surface area contributed by atoms with Gasteiger partial charge in [-0.15, -0.1) is 11.3 Å². The first-order valence-electron chi connectivity index (χ1n) is 5.34. The number of nitrogens with zero attached hydrogens (tertiary/aromatic N) is 1. The molecule has 0 aliphatic rings. The van der Waals surface area contributed by atoms with E-state index in [1.165, 1.54) is 11.4 Å². The average Bonchev–Trinajstić information content (AvgIpc) is 2.58. The zero-order valence-electron chi connectivity index (χ0n) is 9.34. The fourth-order valence-corrected chi connectivity index (χ4v) is 2.17. The summed E-state index contributed by atoms with van der Waals surface area (Å²) in [6.45, 7) is 8.70. The summed E-state index contributed by atoms with van der Waals surface area (Å²) in [6, 6.07) is 0. The molecule has 0 spiro atoms. The minimum atomic E-state index is 0.749. The maximum absolute atomic E-state index is 4.46. The maximum atomic E-state index is 4.46. The third kappa shape index (κ3) is 4.20. The largest absolute Gasteiger partial charge is 0.317 e. The van der Waals surface area contributed by atoms with Crippen molar-refractivity contribution in [3.05, 3.63) is 16.1 Å². The van der Waals surface area contributed by atoms with Crippen LogP contribution in [0.2, 0.25) is 0 Å². The summed E-state index contributed by atoms with van der Waals surface area (Å²) < 4.78 is 0. The predicted molar refractivity (Wildman–Crippen MR) is 62.9 cm³/mol. The van der Waals surface area contributed by atoms with Gasteiger partial charge in [-0.2, -0.15) is 0 Å². The highest BCUT2D eigenvalue weighted by Crippen LogP contribution is 2.13. The maximum Gasteiger partial charge on any atom is 0.0928 e. The molecule has 80 valence electrons. The molecule has 0 saturated carbocycles. The Balaban J connectivity index is 2.20. The monoisotopic (exact) mass is 212 g/mol. The molecule has 0 aliphatic carbocycles. The Bertz CT molecular complexity index is 258. The van der Waals surface area contributed by atoms with Crippen LogP contribution in [0.5, 0.6) is 0 Å². The SMILES string of the molecule is CCNCC(C)CCc1nc(C)cs1. The molecule has 0 radical (unpaired) electrons. The molecular formula is C11H20N2S. The molecule has 0 aromatic carbocycles. The minimum absolute atomic E-state index is 0.749. The average molecular weight is 212 g/mol. The first-order valence-corrected chi connectivity index (χ1v) is 6.22. The van der Waals surface area contributed by atoms with Gasteiger partial charge in [-0.05, 0) is 38.8 Å². The van der Waals surface area contributed by atoms with Crippen LogP contribution >= 0.6 is 11.3 Å². The smallest absolute Gasteiger partial charge is 0.0928 e. The molecule has 1 rings (SSSR count). The van der Waals surface area contributed by atoms with E-state index in [0.717, 1.165) is 31.1 Å². The van der Waals surface area contributed by atoms with Gasteiger partial charge in [0.2, 0.25) is 0 Å². The summed E-state index contributed by atoms with van der Waals surface area (Å²) in [7, 11) is 0. The highest BCUT2D eigenvalue weighted by atomic mass is 32.1. The summed E-state index contributed by atoms with van der Waals surface area (Å²) in [6.07, 6.45) is 2.37. The third-order valence-corrected chi connectivity index (χ3v) is 3.29. The number of aromatic nitrogens is 1. The fourth-order valence-electron chi connectivity index (χ4n) is 1.38. The van der Waals surface area contributed by atoms with Gasteiger partial charge in [0, 0.05) is 11.1 Å². The Hall–Kier alpha value is -0.410. The minimum Gasteiger partial charge on any atom is -0.317 e. The molecule has 1 N–H and O–H groups in total. The first kappa shape index (κ1) is 11.7. The Kier molecular flexibility index (Phi) is 5.12. The number of hydrogen-bond donors (Lipinski definition) is 1. The van der Waals surface area contributed by atoms with Crippen molar-refractivity contribution in [1.29, 1.82) is 0 Å². The molecule has 0 amide bonds. The Morgan fingerprint density at radius 3 is 2.93 bits per heavy atom. The van der Waals surface area contributed by atoms with Crippen LogP contribution in [0.25, 0.3) is 0 Å². The van der Waals surface area contributed by atoms with Crippen molar-refractivity contribution in [1.82, 2.24) is 10.3 Å². The van der Waals surface area contributed by atoms with Crippen molar-refractivity contribution in [3.8, 4) is 0 Å². The van der Waals surface area contributed by atoms with E-state index in [4.69, 9.17) is 0 Å². The van der Waals surface area contributed by atoms with Crippen molar-refractivity contribution < 1.29 is 0 Å². The lowest BCUT2D eigenvalue weighted by molar-refractivity contribution is 0.489. The second kappa shape index (κ2) is 6.14. The molecule has 1 aromatic rings. The molecule has 1 heterocycles. The summed E-state index contributed by atoms with van der Waals surface area (Å²) in [5, 5.41) is 6.78. The van der Waals surface area contributed by atoms with E-state index in [1.807, 2.05) is 0 Å². The lowest BCUT2D eigenvalue weighted by atomic mass is 10.1. The molecule has 1 unspecified atom stereocenters. The quantitative estimate of drug-likeness (QED) is 0.784. The molecule has 2 nitrogen and oxygen atoms in total. The van der Waals surface area contributed by atoms with Gasteiger partial charge in [-0.1, -0.05) is 13.8 Å². The summed E-state index contributed by atoms with van der Waals surface area (Å²) in [5.74, 6) is 0.749. The lowest BCUT2D eigenvalue weighted by Gasteiger charge is -2.09. The topological polar surface area (TPSA) is 24.9 Å². The van der Waals surface area contributed by atoms with Gasteiger partial charge < -0.3 is 5.32 Å². The van der Waals surface area contributed by atoms with Gasteiger partial charge in [0.25, 0.3) is 0 Å².